The second kappa shape index (κ2) is 11.1. The fraction of sp³-hybridized carbons (Fsp3) is 0.350. The Labute approximate surface area is 162 Å². The third kappa shape index (κ3) is 6.68. The van der Waals surface area contributed by atoms with E-state index in [1.54, 1.807) is 44.3 Å². The number of hydrogen-bond donors (Lipinski definition) is 2. The van der Waals surface area contributed by atoms with E-state index in [9.17, 15) is 13.2 Å². The van der Waals surface area contributed by atoms with E-state index in [0.717, 1.165) is 5.56 Å². The van der Waals surface area contributed by atoms with Crippen molar-refractivity contribution in [2.45, 2.75) is 26.5 Å². The molecule has 0 spiro atoms. The first-order valence-corrected chi connectivity index (χ1v) is 8.92. The molecule has 0 aliphatic carbocycles. The lowest BCUT2D eigenvalue weighted by atomic mass is 10.1. The maximum Gasteiger partial charge on any atom is 0.387 e. The second-order valence-electron chi connectivity index (χ2n) is 5.78. The van der Waals surface area contributed by atoms with Gasteiger partial charge in [0.1, 0.15) is 5.82 Å². The first-order chi connectivity index (χ1) is 13.5. The van der Waals surface area contributed by atoms with Crippen LogP contribution in [0.25, 0.3) is 0 Å². The van der Waals surface area contributed by atoms with Crippen LogP contribution in [0.4, 0.5) is 13.2 Å². The molecular weight excluding hydrogens is 371 g/mol. The average molecular weight is 395 g/mol. The van der Waals surface area contributed by atoms with Crippen molar-refractivity contribution in [3.05, 3.63) is 59.4 Å². The van der Waals surface area contributed by atoms with Crippen molar-refractivity contribution in [1.29, 1.82) is 0 Å². The number of alkyl halides is 2. The van der Waals surface area contributed by atoms with Crippen LogP contribution in [-0.2, 0) is 13.0 Å². The highest BCUT2D eigenvalue weighted by molar-refractivity contribution is 5.79. The molecule has 0 aliphatic rings. The van der Waals surface area contributed by atoms with Gasteiger partial charge in [-0.2, -0.15) is 8.78 Å². The van der Waals surface area contributed by atoms with Gasteiger partial charge in [0.15, 0.2) is 17.5 Å². The van der Waals surface area contributed by atoms with E-state index < -0.39 is 6.61 Å². The normalized spacial score (nSPS) is 11.4. The van der Waals surface area contributed by atoms with Gasteiger partial charge in [-0.05, 0) is 37.1 Å². The second-order valence-corrected chi connectivity index (χ2v) is 5.78. The highest BCUT2D eigenvalue weighted by Crippen LogP contribution is 2.32. The van der Waals surface area contributed by atoms with Crippen molar-refractivity contribution in [2.75, 3.05) is 20.2 Å². The Morgan fingerprint density at radius 2 is 1.86 bits per heavy atom. The van der Waals surface area contributed by atoms with E-state index in [4.69, 9.17) is 4.74 Å². The number of nitrogens with zero attached hydrogens (tertiary/aromatic N) is 1. The van der Waals surface area contributed by atoms with E-state index in [0.29, 0.717) is 31.1 Å². The van der Waals surface area contributed by atoms with Crippen molar-refractivity contribution < 1.29 is 22.6 Å². The minimum absolute atomic E-state index is 0.00798. The van der Waals surface area contributed by atoms with E-state index in [1.807, 2.05) is 0 Å². The number of para-hydroxylation sites is 1. The molecule has 0 fully saturated rings. The highest BCUT2D eigenvalue weighted by atomic mass is 19.3. The van der Waals surface area contributed by atoms with Crippen LogP contribution in [0, 0.1) is 5.82 Å². The van der Waals surface area contributed by atoms with Gasteiger partial charge in [-0.15, -0.1) is 0 Å². The summed E-state index contributed by atoms with van der Waals surface area (Å²) < 4.78 is 48.5. The molecule has 152 valence electrons. The third-order valence-electron chi connectivity index (χ3n) is 3.86. The molecule has 0 saturated carbocycles. The van der Waals surface area contributed by atoms with Crippen molar-refractivity contribution in [3.63, 3.8) is 0 Å². The average Bonchev–Trinajstić information content (AvgIpc) is 2.68. The molecule has 5 nitrogen and oxygen atoms in total. The summed E-state index contributed by atoms with van der Waals surface area (Å²) in [5.41, 5.74) is 1.51. The minimum Gasteiger partial charge on any atom is -0.490 e. The minimum atomic E-state index is -2.95. The van der Waals surface area contributed by atoms with Gasteiger partial charge in [-0.1, -0.05) is 24.3 Å². The topological polar surface area (TPSA) is 54.9 Å². The molecule has 2 N–H and O–H groups in total. The fourth-order valence-electron chi connectivity index (χ4n) is 2.57. The highest BCUT2D eigenvalue weighted by Gasteiger charge is 2.16. The van der Waals surface area contributed by atoms with Crippen molar-refractivity contribution in [1.82, 2.24) is 10.6 Å². The molecule has 2 rings (SSSR count). The van der Waals surface area contributed by atoms with E-state index >= 15 is 0 Å². The van der Waals surface area contributed by atoms with Crippen molar-refractivity contribution in [2.24, 2.45) is 4.99 Å². The molecule has 0 saturated heterocycles. The van der Waals surface area contributed by atoms with Gasteiger partial charge < -0.3 is 20.1 Å². The molecular formula is C20H24F3N3O2. The SMILES string of the molecule is CCOc1cccc(CNC(=NC)NCCc2ccc(F)cc2)c1OC(F)F. The van der Waals surface area contributed by atoms with Crippen LogP contribution < -0.4 is 20.1 Å². The Balaban J connectivity index is 1.94. The number of aliphatic imine (C=N–C) groups is 1. The zero-order chi connectivity index (χ0) is 20.4. The van der Waals surface area contributed by atoms with Gasteiger partial charge in [0.2, 0.25) is 0 Å². The Hall–Kier alpha value is -2.90. The van der Waals surface area contributed by atoms with Crippen LogP contribution in [0.2, 0.25) is 0 Å². The standard InChI is InChI=1S/C20H24F3N3O2/c1-3-27-17-6-4-5-15(18(17)28-19(22)23)13-26-20(24-2)25-12-11-14-7-9-16(21)10-8-14/h4-10,19H,3,11-13H2,1-2H3,(H2,24,25,26). The van der Waals surface area contributed by atoms with E-state index in [1.165, 1.54) is 12.1 Å². The molecule has 8 heteroatoms. The van der Waals surface area contributed by atoms with Crippen LogP contribution in [0.15, 0.2) is 47.5 Å². The quantitative estimate of drug-likeness (QED) is 0.502. The van der Waals surface area contributed by atoms with Crippen molar-refractivity contribution >= 4 is 5.96 Å². The molecule has 0 bridgehead atoms. The largest absolute Gasteiger partial charge is 0.490 e. The molecule has 0 amide bonds. The Bertz CT molecular complexity index is 768. The number of guanidine groups is 1. The van der Waals surface area contributed by atoms with Crippen LogP contribution in [0.1, 0.15) is 18.1 Å². The molecule has 28 heavy (non-hydrogen) atoms. The van der Waals surface area contributed by atoms with E-state index in [-0.39, 0.29) is 23.9 Å². The molecule has 0 atom stereocenters. The summed E-state index contributed by atoms with van der Waals surface area (Å²) in [5.74, 6) is 0.507. The van der Waals surface area contributed by atoms with Gasteiger partial charge >= 0.3 is 6.61 Å². The Morgan fingerprint density at radius 3 is 2.50 bits per heavy atom. The summed E-state index contributed by atoms with van der Waals surface area (Å²) in [6.45, 7) is -0.0507. The lowest BCUT2D eigenvalue weighted by molar-refractivity contribution is -0.0520. The molecule has 0 aliphatic heterocycles. The summed E-state index contributed by atoms with van der Waals surface area (Å²) >= 11 is 0. The number of hydrogen-bond acceptors (Lipinski definition) is 3. The van der Waals surface area contributed by atoms with Crippen LogP contribution in [0.5, 0.6) is 11.5 Å². The van der Waals surface area contributed by atoms with Crippen LogP contribution in [0.3, 0.4) is 0 Å². The zero-order valence-corrected chi connectivity index (χ0v) is 15.8. The first-order valence-electron chi connectivity index (χ1n) is 8.92. The van der Waals surface area contributed by atoms with Gasteiger partial charge in [0.05, 0.1) is 6.61 Å². The van der Waals surface area contributed by atoms with Crippen LogP contribution in [-0.4, -0.2) is 32.8 Å². The van der Waals surface area contributed by atoms with E-state index in [2.05, 4.69) is 20.4 Å². The predicted octanol–water partition coefficient (Wildman–Crippen LogP) is 3.73. The maximum atomic E-state index is 12.9. The summed E-state index contributed by atoms with van der Waals surface area (Å²) in [6.07, 6.45) is 0.681. The molecule has 2 aromatic carbocycles. The lowest BCUT2D eigenvalue weighted by Crippen LogP contribution is -2.38. The van der Waals surface area contributed by atoms with Crippen molar-refractivity contribution in [3.8, 4) is 11.5 Å². The monoisotopic (exact) mass is 395 g/mol. The summed E-state index contributed by atoms with van der Waals surface area (Å²) in [7, 11) is 1.61. The lowest BCUT2D eigenvalue weighted by Gasteiger charge is -2.17. The molecule has 0 unspecified atom stereocenters. The molecule has 0 heterocycles. The summed E-state index contributed by atoms with van der Waals surface area (Å²) in [4.78, 5) is 4.11. The van der Waals surface area contributed by atoms with Gasteiger partial charge in [-0.25, -0.2) is 4.39 Å². The summed E-state index contributed by atoms with van der Waals surface area (Å²) in [6, 6.07) is 11.3. The Morgan fingerprint density at radius 1 is 1.11 bits per heavy atom. The smallest absolute Gasteiger partial charge is 0.387 e. The first kappa shape index (κ1) is 21.4. The van der Waals surface area contributed by atoms with Crippen LogP contribution >= 0.6 is 0 Å². The molecule has 0 aromatic heterocycles. The van der Waals surface area contributed by atoms with Gasteiger partial charge in [0.25, 0.3) is 0 Å². The molecule has 2 aromatic rings. The molecule has 0 radical (unpaired) electrons. The fourth-order valence-corrected chi connectivity index (χ4v) is 2.57. The Kier molecular flexibility index (Phi) is 8.45. The zero-order valence-electron chi connectivity index (χ0n) is 15.8. The van der Waals surface area contributed by atoms with Gasteiger partial charge in [0, 0.05) is 25.7 Å². The number of ether oxygens (including phenoxy) is 2. The number of halogens is 3. The summed E-state index contributed by atoms with van der Waals surface area (Å²) in [5, 5.41) is 6.19. The third-order valence-corrected chi connectivity index (χ3v) is 3.86. The van der Waals surface area contributed by atoms with Gasteiger partial charge in [-0.3, -0.25) is 4.99 Å². The predicted molar refractivity (Wildman–Crippen MR) is 103 cm³/mol. The number of benzene rings is 2. The number of nitrogens with one attached hydrogen (secondary N) is 2. The number of rotatable bonds is 9. The maximum absolute atomic E-state index is 12.9.